The number of hydrogen-bond acceptors (Lipinski definition) is 2. The van der Waals surface area contributed by atoms with Crippen LogP contribution in [0.15, 0.2) is 118 Å². The second-order valence-electron chi connectivity index (χ2n) is 16.4. The van der Waals surface area contributed by atoms with E-state index in [0.29, 0.717) is 11.8 Å². The molecule has 2 bridgehead atoms. The van der Waals surface area contributed by atoms with Gasteiger partial charge in [0.2, 0.25) is 0 Å². The minimum Gasteiger partial charge on any atom is -0.313 e. The predicted octanol–water partition coefficient (Wildman–Crippen LogP) is 16.6. The van der Waals surface area contributed by atoms with E-state index in [1.165, 1.54) is 110 Å². The molecule has 0 aliphatic heterocycles. The standard InChI is InChI=1S/C52H58Br2N2/c1-8-10-12-39-28-35(4)51(36(5)29-39)55(45-21-17-43(53)18-22-45)47-25-26-48-41-16-27-50(42(32-41)15-14-34(3)49(48)33-47)56(46-23-19-44(54)20-24-46)52-37(6)30-40(13-11-9-2)31-38(52)7/h16-31,33-34,42H,8-15,32H2,1-7H3/t34-,42+/m1/s1. The summed E-state index contributed by atoms with van der Waals surface area (Å²) in [6.07, 6.45) is 15.3. The van der Waals surface area contributed by atoms with E-state index in [1.54, 1.807) is 0 Å². The van der Waals surface area contributed by atoms with Gasteiger partial charge in [0, 0.05) is 37.6 Å². The Morgan fingerprint density at radius 1 is 0.571 bits per heavy atom. The van der Waals surface area contributed by atoms with Crippen LogP contribution >= 0.6 is 31.9 Å². The molecule has 2 aliphatic rings. The maximum atomic E-state index is 3.71. The summed E-state index contributed by atoms with van der Waals surface area (Å²) in [7, 11) is 0. The molecule has 7 rings (SSSR count). The number of anilines is 5. The number of hydrogen-bond donors (Lipinski definition) is 0. The summed E-state index contributed by atoms with van der Waals surface area (Å²) >= 11 is 7.40. The first-order chi connectivity index (χ1) is 27.1. The Morgan fingerprint density at radius 2 is 1.05 bits per heavy atom. The molecular weight excluding hydrogens is 812 g/mol. The maximum Gasteiger partial charge on any atom is 0.0520 e. The summed E-state index contributed by atoms with van der Waals surface area (Å²) in [5.74, 6) is 0.839. The van der Waals surface area contributed by atoms with Crippen molar-refractivity contribution < 1.29 is 0 Å². The molecule has 0 aromatic heterocycles. The normalized spacial score (nSPS) is 16.4. The van der Waals surface area contributed by atoms with E-state index in [2.05, 4.69) is 193 Å². The molecule has 0 saturated heterocycles. The van der Waals surface area contributed by atoms with Crippen molar-refractivity contribution in [3.8, 4) is 0 Å². The number of nitrogens with zero attached hydrogens (tertiary/aromatic N) is 2. The summed E-state index contributed by atoms with van der Waals surface area (Å²) < 4.78 is 2.20. The van der Waals surface area contributed by atoms with Gasteiger partial charge in [0.1, 0.15) is 0 Å². The zero-order valence-corrected chi connectivity index (χ0v) is 37.7. The Hall–Kier alpha value is -3.86. The Labute approximate surface area is 354 Å². The highest BCUT2D eigenvalue weighted by atomic mass is 79.9. The van der Waals surface area contributed by atoms with Crippen LogP contribution in [-0.4, -0.2) is 0 Å². The number of benzene rings is 5. The SMILES string of the molecule is CCCCc1cc(C)c(N(C2=CC=C3C[C@@H]2CC[C@@H](C)c2cc(N(c4ccc(Br)cc4)c4c(C)cc(CCCC)cc4C)ccc23)c2ccc(Br)cc2)c(C)c1. The van der Waals surface area contributed by atoms with Crippen LogP contribution < -0.4 is 9.80 Å². The van der Waals surface area contributed by atoms with Crippen LogP contribution in [0, 0.1) is 33.6 Å². The van der Waals surface area contributed by atoms with Crippen molar-refractivity contribution in [2.45, 2.75) is 112 Å². The molecule has 290 valence electrons. The minimum absolute atomic E-state index is 0.420. The second-order valence-corrected chi connectivity index (χ2v) is 18.3. The fourth-order valence-corrected chi connectivity index (χ4v) is 9.83. The lowest BCUT2D eigenvalue weighted by molar-refractivity contribution is 0.494. The minimum atomic E-state index is 0.420. The third-order valence-electron chi connectivity index (χ3n) is 12.1. The summed E-state index contributed by atoms with van der Waals surface area (Å²) in [5, 5.41) is 0. The van der Waals surface area contributed by atoms with Crippen molar-refractivity contribution in [3.05, 3.63) is 162 Å². The molecule has 5 aromatic carbocycles. The van der Waals surface area contributed by atoms with Crippen LogP contribution in [0.1, 0.15) is 116 Å². The summed E-state index contributed by atoms with van der Waals surface area (Å²) in [6.45, 7) is 16.2. The van der Waals surface area contributed by atoms with Crippen LogP contribution in [0.2, 0.25) is 0 Å². The van der Waals surface area contributed by atoms with Gasteiger partial charge in [0.25, 0.3) is 0 Å². The quantitative estimate of drug-likeness (QED) is 0.123. The molecule has 2 atom stereocenters. The molecule has 2 nitrogen and oxygen atoms in total. The Morgan fingerprint density at radius 3 is 1.57 bits per heavy atom. The molecule has 2 aliphatic carbocycles. The zero-order valence-electron chi connectivity index (χ0n) is 34.5. The third kappa shape index (κ3) is 8.53. The van der Waals surface area contributed by atoms with Crippen molar-refractivity contribution in [2.24, 2.45) is 5.92 Å². The van der Waals surface area contributed by atoms with Gasteiger partial charge >= 0.3 is 0 Å². The average molecular weight is 871 g/mol. The second kappa shape index (κ2) is 17.7. The van der Waals surface area contributed by atoms with Gasteiger partial charge in [-0.1, -0.05) is 102 Å². The maximum absolute atomic E-state index is 3.71. The lowest BCUT2D eigenvalue weighted by Crippen LogP contribution is -2.27. The molecular formula is C52H58Br2N2. The number of allylic oxidation sites excluding steroid dienone is 4. The number of fused-ring (bicyclic) bond motifs is 4. The van der Waals surface area contributed by atoms with Crippen LogP contribution in [0.4, 0.5) is 28.4 Å². The van der Waals surface area contributed by atoms with E-state index in [4.69, 9.17) is 0 Å². The Balaban J connectivity index is 1.32. The first-order valence-corrected chi connectivity index (χ1v) is 22.5. The molecule has 0 radical (unpaired) electrons. The van der Waals surface area contributed by atoms with Crippen molar-refractivity contribution in [1.82, 2.24) is 0 Å². The van der Waals surface area contributed by atoms with Crippen LogP contribution in [0.25, 0.3) is 5.57 Å². The number of aryl methyl sites for hydroxylation is 6. The van der Waals surface area contributed by atoms with Gasteiger partial charge in [-0.3, -0.25) is 0 Å². The highest BCUT2D eigenvalue weighted by Crippen LogP contribution is 2.49. The van der Waals surface area contributed by atoms with E-state index in [1.807, 2.05) is 0 Å². The number of rotatable bonds is 12. The fraction of sp³-hybridized carbons (Fsp3) is 0.346. The highest BCUT2D eigenvalue weighted by molar-refractivity contribution is 9.10. The lowest BCUT2D eigenvalue weighted by atomic mass is 9.75. The van der Waals surface area contributed by atoms with Crippen molar-refractivity contribution in [2.75, 3.05) is 9.80 Å². The molecule has 56 heavy (non-hydrogen) atoms. The van der Waals surface area contributed by atoms with E-state index in [0.717, 1.165) is 41.0 Å². The molecule has 4 heteroatoms. The van der Waals surface area contributed by atoms with Crippen LogP contribution in [-0.2, 0) is 12.8 Å². The smallest absolute Gasteiger partial charge is 0.0520 e. The summed E-state index contributed by atoms with van der Waals surface area (Å²) in [5.41, 5.74) is 20.2. The molecule has 0 saturated carbocycles. The molecule has 0 spiro atoms. The lowest BCUT2D eigenvalue weighted by Gasteiger charge is -2.39. The van der Waals surface area contributed by atoms with E-state index >= 15 is 0 Å². The van der Waals surface area contributed by atoms with E-state index < -0.39 is 0 Å². The number of halogens is 2. The Kier molecular flexibility index (Phi) is 12.8. The van der Waals surface area contributed by atoms with Gasteiger partial charge in [-0.15, -0.1) is 0 Å². The Bertz CT molecular complexity index is 2200. The van der Waals surface area contributed by atoms with Gasteiger partial charge in [-0.05, 0) is 195 Å². The van der Waals surface area contributed by atoms with Crippen molar-refractivity contribution in [1.29, 1.82) is 0 Å². The zero-order chi connectivity index (χ0) is 39.5. The van der Waals surface area contributed by atoms with Gasteiger partial charge < -0.3 is 9.80 Å². The highest BCUT2D eigenvalue weighted by Gasteiger charge is 2.32. The first-order valence-electron chi connectivity index (χ1n) is 20.9. The van der Waals surface area contributed by atoms with Crippen molar-refractivity contribution >= 4 is 65.9 Å². The monoisotopic (exact) mass is 868 g/mol. The van der Waals surface area contributed by atoms with E-state index in [-0.39, 0.29) is 0 Å². The van der Waals surface area contributed by atoms with E-state index in [9.17, 15) is 0 Å². The molecule has 0 fully saturated rings. The average Bonchev–Trinajstić information content (AvgIpc) is 3.18. The van der Waals surface area contributed by atoms with Gasteiger partial charge in [-0.25, -0.2) is 0 Å². The number of unbranched alkanes of at least 4 members (excludes halogenated alkanes) is 2. The summed E-state index contributed by atoms with van der Waals surface area (Å²) in [4.78, 5) is 5.08. The van der Waals surface area contributed by atoms with Gasteiger partial charge in [0.15, 0.2) is 0 Å². The third-order valence-corrected chi connectivity index (χ3v) is 13.1. The van der Waals surface area contributed by atoms with Gasteiger partial charge in [-0.2, -0.15) is 0 Å². The van der Waals surface area contributed by atoms with Crippen LogP contribution in [0.3, 0.4) is 0 Å². The topological polar surface area (TPSA) is 6.48 Å². The molecule has 0 amide bonds. The predicted molar refractivity (Wildman–Crippen MR) is 250 cm³/mol. The largest absolute Gasteiger partial charge is 0.313 e. The molecule has 0 unspecified atom stereocenters. The van der Waals surface area contributed by atoms with Gasteiger partial charge in [0.05, 0.1) is 11.4 Å². The molecule has 0 heterocycles. The first kappa shape index (κ1) is 40.3. The molecule has 5 aromatic rings. The summed E-state index contributed by atoms with van der Waals surface area (Å²) in [6, 6.07) is 34.7. The van der Waals surface area contributed by atoms with Crippen molar-refractivity contribution in [3.63, 3.8) is 0 Å². The fourth-order valence-electron chi connectivity index (χ4n) is 9.30. The van der Waals surface area contributed by atoms with Crippen LogP contribution in [0.5, 0.6) is 0 Å². The molecule has 0 N–H and O–H groups in total.